The van der Waals surface area contributed by atoms with Crippen LogP contribution in [0.25, 0.3) is 32.0 Å². The summed E-state index contributed by atoms with van der Waals surface area (Å²) >= 11 is 0. The highest BCUT2D eigenvalue weighted by molar-refractivity contribution is 6.14. The molecule has 0 spiro atoms. The molecule has 1 aliphatic rings. The van der Waals surface area contributed by atoms with E-state index in [-0.39, 0.29) is 50.3 Å². The van der Waals surface area contributed by atoms with Crippen molar-refractivity contribution < 1.29 is 22.0 Å². The molecule has 0 N–H and O–H groups in total. The summed E-state index contributed by atoms with van der Waals surface area (Å²) in [6, 6.07) is 9.86. The first-order valence-electron chi connectivity index (χ1n) is 9.32. The van der Waals surface area contributed by atoms with Crippen molar-refractivity contribution in [1.82, 2.24) is 0 Å². The lowest BCUT2D eigenvalue weighted by atomic mass is 9.91. The minimum absolute atomic E-state index is 0.0159. The minimum Gasteiger partial charge on any atom is -0.250 e. The number of hydrogen-bond donors (Lipinski definition) is 0. The van der Waals surface area contributed by atoms with Crippen molar-refractivity contribution in [2.45, 2.75) is 0 Å². The van der Waals surface area contributed by atoms with Crippen molar-refractivity contribution in [3.63, 3.8) is 0 Å². The predicted molar refractivity (Wildman–Crippen MR) is 112 cm³/mol. The second-order valence-electron chi connectivity index (χ2n) is 7.08. The van der Waals surface area contributed by atoms with Crippen LogP contribution in [0.4, 0.5) is 33.3 Å². The average Bonchev–Trinajstić information content (AvgIpc) is 3.18. The Bertz CT molecular complexity index is 1640. The molecule has 1 aliphatic carbocycles. The summed E-state index contributed by atoms with van der Waals surface area (Å²) in [5.74, 6) is -11.4. The quantitative estimate of drug-likeness (QED) is 0.102. The summed E-state index contributed by atoms with van der Waals surface area (Å²) in [6.45, 7) is 14.6. The van der Waals surface area contributed by atoms with Gasteiger partial charge in [0.25, 0.3) is 0 Å². The van der Waals surface area contributed by atoms with Crippen LogP contribution in [0.1, 0.15) is 27.8 Å². The molecule has 0 fully saturated rings. The van der Waals surface area contributed by atoms with Gasteiger partial charge in [-0.05, 0) is 34.4 Å². The van der Waals surface area contributed by atoms with Crippen LogP contribution >= 0.6 is 0 Å². The van der Waals surface area contributed by atoms with Crippen LogP contribution in [-0.4, -0.2) is 0 Å². The van der Waals surface area contributed by atoms with Gasteiger partial charge in [-0.1, -0.05) is 12.1 Å². The van der Waals surface area contributed by atoms with Crippen molar-refractivity contribution >= 4 is 22.5 Å². The van der Waals surface area contributed by atoms with Gasteiger partial charge in [0, 0.05) is 5.57 Å². The van der Waals surface area contributed by atoms with Crippen molar-refractivity contribution in [1.29, 1.82) is 15.8 Å². The van der Waals surface area contributed by atoms with E-state index in [0.717, 1.165) is 12.1 Å². The molecule has 0 bridgehead atoms. The molecule has 5 nitrogen and oxygen atoms in total. The van der Waals surface area contributed by atoms with Gasteiger partial charge >= 0.3 is 0 Å². The number of hydrogen-bond acceptors (Lipinski definition) is 3. The van der Waals surface area contributed by atoms with Gasteiger partial charge in [-0.2, -0.15) is 15.8 Å². The van der Waals surface area contributed by atoms with Gasteiger partial charge < -0.3 is 0 Å². The molecule has 3 aromatic rings. The van der Waals surface area contributed by atoms with Crippen LogP contribution < -0.4 is 0 Å². The van der Waals surface area contributed by atoms with Gasteiger partial charge in [0.05, 0.1) is 35.4 Å². The van der Waals surface area contributed by atoms with Crippen molar-refractivity contribution in [3.05, 3.63) is 104 Å². The molecule has 3 aromatic carbocycles. The number of nitrogens with zero attached hydrogens (tertiary/aromatic N) is 5. The molecule has 164 valence electrons. The number of nitriles is 3. The SMILES string of the molecule is [C-]#[N+]c1cc2c(cc1[N+]#[C-])-c1cc(C#N)c(C#N)cc1/C2=C(\C#N)c1c(F)c(F)c(F)c(F)c1F. The maximum Gasteiger partial charge on any atom is 0.200 e. The number of allylic oxidation sites excluding steroid dienone is 1. The molecular weight excluding hydrogens is 465 g/mol. The molecule has 10 heteroatoms. The van der Waals surface area contributed by atoms with Crippen LogP contribution in [0.3, 0.4) is 0 Å². The molecule has 0 aliphatic heterocycles. The van der Waals surface area contributed by atoms with E-state index >= 15 is 0 Å². The summed E-state index contributed by atoms with van der Waals surface area (Å²) in [6.07, 6.45) is 0. The Morgan fingerprint density at radius 2 is 1.03 bits per heavy atom. The fourth-order valence-corrected chi connectivity index (χ4v) is 3.88. The highest BCUT2D eigenvalue weighted by Crippen LogP contribution is 2.52. The van der Waals surface area contributed by atoms with Crippen LogP contribution in [0.2, 0.25) is 0 Å². The Hall–Kier alpha value is -5.50. The normalized spacial score (nSPS) is 12.3. The first-order valence-corrected chi connectivity index (χ1v) is 9.32. The van der Waals surface area contributed by atoms with E-state index in [4.69, 9.17) is 13.1 Å². The molecule has 0 heterocycles. The summed E-state index contributed by atoms with van der Waals surface area (Å²) < 4.78 is 70.9. The van der Waals surface area contributed by atoms with Crippen molar-refractivity contribution in [2.24, 2.45) is 0 Å². The second kappa shape index (κ2) is 8.13. The Balaban J connectivity index is 2.28. The fourth-order valence-electron chi connectivity index (χ4n) is 3.88. The van der Waals surface area contributed by atoms with E-state index < -0.39 is 40.2 Å². The third-order valence-corrected chi connectivity index (χ3v) is 5.40. The lowest BCUT2D eigenvalue weighted by Crippen LogP contribution is -2.07. The van der Waals surface area contributed by atoms with E-state index in [2.05, 4.69) is 9.69 Å². The fraction of sp³-hybridized carbons (Fsp3) is 0. The van der Waals surface area contributed by atoms with E-state index in [1.54, 1.807) is 6.07 Å². The molecule has 0 unspecified atom stereocenters. The van der Waals surface area contributed by atoms with Crippen molar-refractivity contribution in [3.8, 4) is 29.3 Å². The zero-order valence-corrected chi connectivity index (χ0v) is 16.9. The van der Waals surface area contributed by atoms with E-state index in [1.807, 2.05) is 6.07 Å². The Labute approximate surface area is 194 Å². The number of fused-ring (bicyclic) bond motifs is 3. The highest BCUT2D eigenvalue weighted by atomic mass is 19.2. The first kappa shape index (κ1) is 22.7. The maximum atomic E-state index is 14.7. The molecular formula is C25H4F5N5. The average molecular weight is 469 g/mol. The topological polar surface area (TPSA) is 80.1 Å². The standard InChI is InChI=1S/C25H4F5N5/c1-34-17-5-13-12-3-10(7-31)11(8-32)4-14(12)19(15(13)6-18(17)35-2)16(9-33)20-21(26)23(28)25(30)24(29)22(20)27/h3-6H/b19-16-. The molecule has 0 atom stereocenters. The maximum absolute atomic E-state index is 14.7. The van der Waals surface area contributed by atoms with E-state index in [9.17, 15) is 37.7 Å². The summed E-state index contributed by atoms with van der Waals surface area (Å²) in [5, 5.41) is 28.7. The molecule has 0 aromatic heterocycles. The lowest BCUT2D eigenvalue weighted by molar-refractivity contribution is 0.376. The minimum atomic E-state index is -2.40. The van der Waals surface area contributed by atoms with E-state index in [0.29, 0.717) is 0 Å². The Morgan fingerprint density at radius 3 is 1.49 bits per heavy atom. The van der Waals surface area contributed by atoms with Gasteiger partial charge in [0.1, 0.15) is 18.2 Å². The van der Waals surface area contributed by atoms with Crippen LogP contribution in [0.5, 0.6) is 0 Å². The van der Waals surface area contributed by atoms with Gasteiger partial charge in [-0.15, -0.1) is 0 Å². The van der Waals surface area contributed by atoms with Gasteiger partial charge in [-0.3, -0.25) is 9.69 Å². The second-order valence-corrected chi connectivity index (χ2v) is 7.08. The highest BCUT2D eigenvalue weighted by Gasteiger charge is 2.34. The van der Waals surface area contributed by atoms with Gasteiger partial charge in [0.15, 0.2) is 34.6 Å². The molecule has 0 amide bonds. The smallest absolute Gasteiger partial charge is 0.200 e. The zero-order chi connectivity index (χ0) is 25.6. The number of rotatable bonds is 1. The van der Waals surface area contributed by atoms with Gasteiger partial charge in [0.2, 0.25) is 5.82 Å². The Morgan fingerprint density at radius 1 is 0.629 bits per heavy atom. The predicted octanol–water partition coefficient (Wildman–Crippen LogP) is 6.69. The molecule has 0 saturated heterocycles. The third-order valence-electron chi connectivity index (χ3n) is 5.40. The van der Waals surface area contributed by atoms with Crippen LogP contribution in [0.15, 0.2) is 24.3 Å². The molecule has 4 rings (SSSR count). The summed E-state index contributed by atoms with van der Waals surface area (Å²) in [4.78, 5) is 6.48. The monoisotopic (exact) mass is 469 g/mol. The third kappa shape index (κ3) is 3.09. The largest absolute Gasteiger partial charge is 0.250 e. The summed E-state index contributed by atoms with van der Waals surface area (Å²) in [7, 11) is 0. The Kier molecular flexibility index (Phi) is 5.27. The van der Waals surface area contributed by atoms with Crippen LogP contribution in [0, 0.1) is 76.2 Å². The summed E-state index contributed by atoms with van der Waals surface area (Å²) in [5.41, 5.74) is -3.01. The lowest BCUT2D eigenvalue weighted by Gasteiger charge is -2.12. The van der Waals surface area contributed by atoms with Crippen LogP contribution in [-0.2, 0) is 0 Å². The molecule has 35 heavy (non-hydrogen) atoms. The van der Waals surface area contributed by atoms with Gasteiger partial charge in [-0.25, -0.2) is 22.0 Å². The van der Waals surface area contributed by atoms with Crippen molar-refractivity contribution in [2.75, 3.05) is 0 Å². The number of benzene rings is 3. The molecule has 0 saturated carbocycles. The molecule has 0 radical (unpaired) electrons. The zero-order valence-electron chi connectivity index (χ0n) is 16.9. The van der Waals surface area contributed by atoms with E-state index in [1.165, 1.54) is 18.2 Å². The number of halogens is 5. The first-order chi connectivity index (χ1) is 16.7.